The number of hydrogen-bond acceptors (Lipinski definition) is 4. The summed E-state index contributed by atoms with van der Waals surface area (Å²) >= 11 is 0. The fourth-order valence-electron chi connectivity index (χ4n) is 3.46. The number of aryl methyl sites for hydroxylation is 2. The van der Waals surface area contributed by atoms with Gasteiger partial charge >= 0.3 is 0 Å². The van der Waals surface area contributed by atoms with Gasteiger partial charge in [0.1, 0.15) is 5.84 Å². The molecule has 0 N–H and O–H groups in total. The van der Waals surface area contributed by atoms with Crippen LogP contribution in [0.25, 0.3) is 0 Å². The van der Waals surface area contributed by atoms with Crippen LogP contribution in [0.2, 0.25) is 0 Å². The molecule has 0 aliphatic carbocycles. The standard InChI is InChI=1S/C28H23N3O3/c1-20-8-14-24(15-9-20)29-27(22-6-4-3-5-7-22)30(25-16-10-21(2)11-17-25)28(32)23-12-18-26(19-13-23)31(33)34/h3-19H,1-2H3. The Morgan fingerprint density at radius 3 is 1.85 bits per heavy atom. The average Bonchev–Trinajstić information content (AvgIpc) is 2.86. The van der Waals surface area contributed by atoms with Crippen LogP contribution in [0, 0.1) is 24.0 Å². The number of rotatable bonds is 5. The van der Waals surface area contributed by atoms with Crippen molar-refractivity contribution in [2.24, 2.45) is 4.99 Å². The van der Waals surface area contributed by atoms with E-state index in [4.69, 9.17) is 4.99 Å². The summed E-state index contributed by atoms with van der Waals surface area (Å²) in [6.07, 6.45) is 0. The van der Waals surface area contributed by atoms with Gasteiger partial charge in [0.15, 0.2) is 0 Å². The number of anilines is 1. The molecule has 4 aromatic rings. The van der Waals surface area contributed by atoms with Crippen LogP contribution < -0.4 is 4.90 Å². The number of carbonyl (C=O) groups is 1. The molecule has 6 heteroatoms. The predicted molar refractivity (Wildman–Crippen MR) is 135 cm³/mol. The van der Waals surface area contributed by atoms with E-state index in [9.17, 15) is 14.9 Å². The average molecular weight is 450 g/mol. The highest BCUT2D eigenvalue weighted by atomic mass is 16.6. The summed E-state index contributed by atoms with van der Waals surface area (Å²) < 4.78 is 0. The molecule has 0 saturated heterocycles. The monoisotopic (exact) mass is 449 g/mol. The van der Waals surface area contributed by atoms with Crippen LogP contribution in [0.1, 0.15) is 27.0 Å². The van der Waals surface area contributed by atoms with E-state index in [1.807, 2.05) is 92.7 Å². The minimum absolute atomic E-state index is 0.0740. The smallest absolute Gasteiger partial charge is 0.268 e. The maximum atomic E-state index is 13.8. The number of nitrogens with zero attached hydrogens (tertiary/aromatic N) is 3. The van der Waals surface area contributed by atoms with Gasteiger partial charge in [-0.15, -0.1) is 0 Å². The summed E-state index contributed by atoms with van der Waals surface area (Å²) in [6.45, 7) is 3.98. The van der Waals surface area contributed by atoms with Crippen molar-refractivity contribution in [3.63, 3.8) is 0 Å². The van der Waals surface area contributed by atoms with Crippen LogP contribution in [0.5, 0.6) is 0 Å². The minimum Gasteiger partial charge on any atom is -0.268 e. The molecule has 6 nitrogen and oxygen atoms in total. The van der Waals surface area contributed by atoms with Crippen molar-refractivity contribution < 1.29 is 9.72 Å². The van der Waals surface area contributed by atoms with Crippen LogP contribution in [0.15, 0.2) is 108 Å². The van der Waals surface area contributed by atoms with Gasteiger partial charge in [0.2, 0.25) is 0 Å². The highest BCUT2D eigenvalue weighted by Crippen LogP contribution is 2.25. The van der Waals surface area contributed by atoms with Gasteiger partial charge in [0, 0.05) is 23.3 Å². The molecule has 0 fully saturated rings. The van der Waals surface area contributed by atoms with Crippen LogP contribution in [-0.2, 0) is 0 Å². The number of amidine groups is 1. The molecule has 1 amide bonds. The maximum absolute atomic E-state index is 13.8. The largest absolute Gasteiger partial charge is 0.269 e. The van der Waals surface area contributed by atoms with E-state index < -0.39 is 4.92 Å². The molecule has 0 aliphatic heterocycles. The lowest BCUT2D eigenvalue weighted by molar-refractivity contribution is -0.384. The molecule has 4 rings (SSSR count). The van der Waals surface area contributed by atoms with Gasteiger partial charge < -0.3 is 0 Å². The van der Waals surface area contributed by atoms with Crippen molar-refractivity contribution in [1.29, 1.82) is 0 Å². The van der Waals surface area contributed by atoms with Crippen LogP contribution in [0.3, 0.4) is 0 Å². The fourth-order valence-corrected chi connectivity index (χ4v) is 3.46. The molecule has 0 aromatic heterocycles. The Balaban J connectivity index is 1.89. The van der Waals surface area contributed by atoms with Crippen molar-refractivity contribution >= 4 is 28.8 Å². The summed E-state index contributed by atoms with van der Waals surface area (Å²) in [6, 6.07) is 30.4. The molecule has 0 aliphatic rings. The van der Waals surface area contributed by atoms with Gasteiger partial charge in [-0.05, 0) is 50.2 Å². The molecule has 34 heavy (non-hydrogen) atoms. The Labute approximate surface area is 198 Å². The maximum Gasteiger partial charge on any atom is 0.269 e. The molecule has 168 valence electrons. The second-order valence-corrected chi connectivity index (χ2v) is 7.92. The van der Waals surface area contributed by atoms with Gasteiger partial charge in [0.25, 0.3) is 11.6 Å². The number of aliphatic imine (C=N–C) groups is 1. The van der Waals surface area contributed by atoms with Crippen LogP contribution in [-0.4, -0.2) is 16.7 Å². The second-order valence-electron chi connectivity index (χ2n) is 7.92. The molecule has 0 bridgehead atoms. The Kier molecular flexibility index (Phi) is 6.59. The van der Waals surface area contributed by atoms with Crippen molar-refractivity contribution in [2.75, 3.05) is 4.90 Å². The molecule has 0 heterocycles. The number of hydrogen-bond donors (Lipinski definition) is 0. The molecular weight excluding hydrogens is 426 g/mol. The van der Waals surface area contributed by atoms with Crippen molar-refractivity contribution in [3.8, 4) is 0 Å². The summed E-state index contributed by atoms with van der Waals surface area (Å²) in [7, 11) is 0. The third-order valence-electron chi connectivity index (χ3n) is 5.33. The lowest BCUT2D eigenvalue weighted by Crippen LogP contribution is -2.37. The molecular formula is C28H23N3O3. The molecule has 0 atom stereocenters. The Hall–Kier alpha value is -4.58. The molecule has 0 unspecified atom stereocenters. The van der Waals surface area contributed by atoms with Gasteiger partial charge in [-0.25, -0.2) is 4.99 Å². The van der Waals surface area contributed by atoms with Gasteiger partial charge in [-0.1, -0.05) is 65.7 Å². The first kappa shape index (κ1) is 22.6. The first-order chi connectivity index (χ1) is 16.4. The Morgan fingerprint density at radius 2 is 1.29 bits per heavy atom. The Morgan fingerprint density at radius 1 is 0.735 bits per heavy atom. The first-order valence-electron chi connectivity index (χ1n) is 10.8. The number of nitro groups is 1. The quantitative estimate of drug-likeness (QED) is 0.148. The minimum atomic E-state index is -0.486. The van der Waals surface area contributed by atoms with E-state index in [0.29, 0.717) is 22.8 Å². The number of nitro benzene ring substituents is 1. The van der Waals surface area contributed by atoms with Crippen molar-refractivity contribution in [1.82, 2.24) is 0 Å². The lowest BCUT2D eigenvalue weighted by atomic mass is 10.1. The number of carbonyl (C=O) groups excluding carboxylic acids is 1. The van der Waals surface area contributed by atoms with E-state index in [2.05, 4.69) is 0 Å². The van der Waals surface area contributed by atoms with Crippen LogP contribution >= 0.6 is 0 Å². The highest BCUT2D eigenvalue weighted by molar-refractivity contribution is 6.28. The second kappa shape index (κ2) is 9.92. The third-order valence-corrected chi connectivity index (χ3v) is 5.33. The number of benzene rings is 4. The predicted octanol–water partition coefficient (Wildman–Crippen LogP) is 6.64. The van der Waals surface area contributed by atoms with Crippen LogP contribution in [0.4, 0.5) is 17.1 Å². The summed E-state index contributed by atoms with van der Waals surface area (Å²) in [5, 5.41) is 11.1. The zero-order chi connectivity index (χ0) is 24.1. The molecule has 0 saturated carbocycles. The van der Waals surface area contributed by atoms with E-state index >= 15 is 0 Å². The van der Waals surface area contributed by atoms with E-state index in [1.54, 1.807) is 4.90 Å². The molecule has 0 spiro atoms. The topological polar surface area (TPSA) is 75.8 Å². The lowest BCUT2D eigenvalue weighted by Gasteiger charge is -2.25. The van der Waals surface area contributed by atoms with E-state index in [1.165, 1.54) is 24.3 Å². The number of amides is 1. The van der Waals surface area contributed by atoms with E-state index in [0.717, 1.165) is 16.7 Å². The summed E-state index contributed by atoms with van der Waals surface area (Å²) in [4.78, 5) is 30.9. The van der Waals surface area contributed by atoms with Crippen molar-refractivity contribution in [2.45, 2.75) is 13.8 Å². The zero-order valence-electron chi connectivity index (χ0n) is 18.9. The van der Waals surface area contributed by atoms with Crippen molar-refractivity contribution in [3.05, 3.63) is 135 Å². The zero-order valence-corrected chi connectivity index (χ0v) is 18.9. The normalized spacial score (nSPS) is 11.2. The van der Waals surface area contributed by atoms with Gasteiger partial charge in [0.05, 0.1) is 16.3 Å². The highest BCUT2D eigenvalue weighted by Gasteiger charge is 2.25. The summed E-state index contributed by atoms with van der Waals surface area (Å²) in [5.41, 5.74) is 4.52. The summed E-state index contributed by atoms with van der Waals surface area (Å²) in [5.74, 6) is 0.116. The Bertz CT molecular complexity index is 1330. The van der Waals surface area contributed by atoms with Gasteiger partial charge in [-0.3, -0.25) is 19.8 Å². The van der Waals surface area contributed by atoms with E-state index in [-0.39, 0.29) is 11.6 Å². The molecule has 4 aromatic carbocycles. The molecule has 0 radical (unpaired) electrons. The number of non-ortho nitro benzene ring substituents is 1. The third kappa shape index (κ3) is 5.07. The first-order valence-corrected chi connectivity index (χ1v) is 10.8. The fraction of sp³-hybridized carbons (Fsp3) is 0.0714. The SMILES string of the molecule is Cc1ccc(N=C(c2ccccc2)N(C(=O)c2ccc([N+](=O)[O-])cc2)c2ccc(C)cc2)cc1. The van der Waals surface area contributed by atoms with Gasteiger partial charge in [-0.2, -0.15) is 0 Å².